The molecule has 7 nitrogen and oxygen atoms in total. The molecule has 4 aromatic rings. The summed E-state index contributed by atoms with van der Waals surface area (Å²) in [5.41, 5.74) is 5.72. The smallest absolute Gasteiger partial charge is 0.220 e. The number of imidazole rings is 2. The number of hydrogen-bond donors (Lipinski definition) is 3. The van der Waals surface area contributed by atoms with Crippen molar-refractivity contribution in [2.24, 2.45) is 0 Å². The van der Waals surface area contributed by atoms with E-state index >= 15 is 0 Å². The van der Waals surface area contributed by atoms with E-state index in [9.17, 15) is 4.79 Å². The lowest BCUT2D eigenvalue weighted by Crippen LogP contribution is -2.28. The molecule has 0 spiro atoms. The van der Waals surface area contributed by atoms with E-state index in [2.05, 4.69) is 33.2 Å². The van der Waals surface area contributed by atoms with E-state index in [-0.39, 0.29) is 11.9 Å². The van der Waals surface area contributed by atoms with Crippen LogP contribution >= 0.6 is 0 Å². The minimum Gasteiger partial charge on any atom is -0.341 e. The molecular formula is C26H26N6O. The summed E-state index contributed by atoms with van der Waals surface area (Å²) in [4.78, 5) is 30.2. The van der Waals surface area contributed by atoms with Crippen LogP contribution in [-0.2, 0) is 4.79 Å². The third-order valence-corrected chi connectivity index (χ3v) is 6.71. The third-order valence-electron chi connectivity index (χ3n) is 6.71. The van der Waals surface area contributed by atoms with Crippen LogP contribution in [0.25, 0.3) is 22.1 Å². The second-order valence-corrected chi connectivity index (χ2v) is 8.98. The molecule has 33 heavy (non-hydrogen) atoms. The zero-order valence-corrected chi connectivity index (χ0v) is 18.6. The van der Waals surface area contributed by atoms with Crippen LogP contribution < -0.4 is 5.32 Å². The summed E-state index contributed by atoms with van der Waals surface area (Å²) in [7, 11) is 0. The van der Waals surface area contributed by atoms with Crippen molar-refractivity contribution in [3.8, 4) is 11.8 Å². The number of likely N-dealkylation sites (tertiary alicyclic amines) is 1. The highest BCUT2D eigenvalue weighted by Gasteiger charge is 2.30. The van der Waals surface area contributed by atoms with Crippen LogP contribution in [0.2, 0.25) is 0 Å². The number of carbonyl (C=O) groups is 1. The van der Waals surface area contributed by atoms with Gasteiger partial charge in [-0.3, -0.25) is 4.79 Å². The normalized spacial score (nSPS) is 20.5. The highest BCUT2D eigenvalue weighted by Crippen LogP contribution is 2.31. The van der Waals surface area contributed by atoms with Crippen LogP contribution in [0.1, 0.15) is 67.5 Å². The minimum atomic E-state index is 0.0369. The molecule has 2 saturated heterocycles. The van der Waals surface area contributed by atoms with E-state index in [4.69, 9.17) is 9.97 Å². The average molecular weight is 439 g/mol. The molecule has 3 N–H and O–H groups in total. The number of H-pyrrole nitrogens is 2. The second kappa shape index (κ2) is 8.05. The number of amides is 1. The van der Waals surface area contributed by atoms with Crippen LogP contribution in [0.4, 0.5) is 0 Å². The zero-order chi connectivity index (χ0) is 22.4. The number of carbonyl (C=O) groups excluding carboxylic acids is 1. The minimum absolute atomic E-state index is 0.0369. The van der Waals surface area contributed by atoms with E-state index in [1.54, 1.807) is 6.92 Å². The van der Waals surface area contributed by atoms with Gasteiger partial charge in [0.2, 0.25) is 5.91 Å². The van der Waals surface area contributed by atoms with Crippen molar-refractivity contribution in [2.45, 2.75) is 44.7 Å². The molecule has 2 fully saturated rings. The van der Waals surface area contributed by atoms with Gasteiger partial charge in [-0.15, -0.1) is 0 Å². The lowest BCUT2D eigenvalue weighted by Gasteiger charge is -2.21. The summed E-state index contributed by atoms with van der Waals surface area (Å²) in [6, 6.07) is 12.5. The largest absolute Gasteiger partial charge is 0.341 e. The van der Waals surface area contributed by atoms with Crippen LogP contribution in [-0.4, -0.2) is 43.8 Å². The van der Waals surface area contributed by atoms with Crippen molar-refractivity contribution >= 4 is 28.0 Å². The predicted molar refractivity (Wildman–Crippen MR) is 128 cm³/mol. The number of benzene rings is 2. The van der Waals surface area contributed by atoms with E-state index in [0.29, 0.717) is 6.04 Å². The number of rotatable bonds is 2. The Labute approximate surface area is 192 Å². The Morgan fingerprint density at radius 3 is 2.24 bits per heavy atom. The van der Waals surface area contributed by atoms with Gasteiger partial charge < -0.3 is 20.2 Å². The Bertz CT molecular complexity index is 1420. The van der Waals surface area contributed by atoms with Crippen LogP contribution in [0, 0.1) is 11.8 Å². The molecule has 2 aliphatic heterocycles. The van der Waals surface area contributed by atoms with Gasteiger partial charge >= 0.3 is 0 Å². The van der Waals surface area contributed by atoms with Crippen molar-refractivity contribution in [1.29, 1.82) is 0 Å². The Hall–Kier alpha value is -3.63. The van der Waals surface area contributed by atoms with Crippen molar-refractivity contribution in [3.63, 3.8) is 0 Å². The van der Waals surface area contributed by atoms with Gasteiger partial charge in [0.25, 0.3) is 0 Å². The number of aromatic amines is 2. The number of aromatic nitrogens is 4. The van der Waals surface area contributed by atoms with Gasteiger partial charge in [-0.05, 0) is 68.6 Å². The van der Waals surface area contributed by atoms with Gasteiger partial charge in [-0.1, -0.05) is 11.8 Å². The zero-order valence-electron chi connectivity index (χ0n) is 18.6. The quantitative estimate of drug-likeness (QED) is 0.414. The summed E-state index contributed by atoms with van der Waals surface area (Å²) in [6.07, 6.45) is 4.27. The first-order chi connectivity index (χ1) is 16.1. The maximum atomic E-state index is 11.9. The number of fused-ring (bicyclic) bond motifs is 2. The van der Waals surface area contributed by atoms with Gasteiger partial charge in [0.05, 0.1) is 34.2 Å². The van der Waals surface area contributed by atoms with Crippen LogP contribution in [0.5, 0.6) is 0 Å². The summed E-state index contributed by atoms with van der Waals surface area (Å²) in [5.74, 6) is 8.53. The molecule has 0 bridgehead atoms. The first-order valence-corrected chi connectivity index (χ1v) is 11.7. The fourth-order valence-corrected chi connectivity index (χ4v) is 5.03. The molecule has 4 heterocycles. The Kier molecular flexibility index (Phi) is 4.88. The number of nitrogens with zero attached hydrogens (tertiary/aromatic N) is 3. The molecule has 0 saturated carbocycles. The van der Waals surface area contributed by atoms with Crippen molar-refractivity contribution < 1.29 is 4.79 Å². The lowest BCUT2D eigenvalue weighted by molar-refractivity contribution is -0.129. The molecule has 2 aliphatic rings. The Morgan fingerprint density at radius 1 is 0.939 bits per heavy atom. The molecule has 166 valence electrons. The van der Waals surface area contributed by atoms with Crippen LogP contribution in [0.15, 0.2) is 36.4 Å². The molecule has 6 rings (SSSR count). The maximum Gasteiger partial charge on any atom is 0.220 e. The van der Waals surface area contributed by atoms with Crippen LogP contribution in [0.3, 0.4) is 0 Å². The molecule has 1 amide bonds. The highest BCUT2D eigenvalue weighted by molar-refractivity contribution is 5.79. The predicted octanol–water partition coefficient (Wildman–Crippen LogP) is 3.95. The molecule has 2 aromatic carbocycles. The van der Waals surface area contributed by atoms with E-state index in [1.165, 1.54) is 6.42 Å². The average Bonchev–Trinajstić information content (AvgIpc) is 3.60. The molecule has 0 radical (unpaired) electrons. The summed E-state index contributed by atoms with van der Waals surface area (Å²) < 4.78 is 0. The summed E-state index contributed by atoms with van der Waals surface area (Å²) >= 11 is 0. The SMILES string of the molecule is CC(=O)N1CCC[C@H]1c1nc2ccc(C#Cc3ccc4nc([C@@H]5CCCN5)[nH]c4c3)cc2[nH]1. The molecule has 0 unspecified atom stereocenters. The van der Waals surface area contributed by atoms with Gasteiger partial charge in [0.1, 0.15) is 11.6 Å². The van der Waals surface area contributed by atoms with Gasteiger partial charge in [-0.2, -0.15) is 0 Å². The Morgan fingerprint density at radius 2 is 1.61 bits per heavy atom. The standard InChI is InChI=1S/C26H26N6O/c1-16(33)32-13-3-5-24(32)26-29-20-11-9-18(15-23(20)31-26)7-6-17-8-10-19-22(14-17)30-25(28-19)21-4-2-12-27-21/h8-11,14-15,21,24,27H,2-5,12-13H2,1H3,(H,28,30)(H,29,31)/t21-,24-/m0/s1. The van der Waals surface area contributed by atoms with E-state index in [1.807, 2.05) is 35.2 Å². The first-order valence-electron chi connectivity index (χ1n) is 11.7. The first kappa shape index (κ1) is 20.0. The molecule has 0 aliphatic carbocycles. The van der Waals surface area contributed by atoms with E-state index < -0.39 is 0 Å². The molecule has 7 heteroatoms. The topological polar surface area (TPSA) is 89.7 Å². The molecule has 2 aromatic heterocycles. The van der Waals surface area contributed by atoms with Crippen molar-refractivity contribution in [3.05, 3.63) is 59.2 Å². The summed E-state index contributed by atoms with van der Waals surface area (Å²) in [5, 5.41) is 3.49. The molecular weight excluding hydrogens is 412 g/mol. The third kappa shape index (κ3) is 3.77. The number of nitrogens with one attached hydrogen (secondary N) is 3. The number of hydrogen-bond acceptors (Lipinski definition) is 4. The molecule has 2 atom stereocenters. The second-order valence-electron chi connectivity index (χ2n) is 8.98. The monoisotopic (exact) mass is 438 g/mol. The highest BCUT2D eigenvalue weighted by atomic mass is 16.2. The maximum absolute atomic E-state index is 11.9. The Balaban J connectivity index is 1.25. The van der Waals surface area contributed by atoms with Gasteiger partial charge in [0.15, 0.2) is 0 Å². The lowest BCUT2D eigenvalue weighted by atomic mass is 10.1. The fraction of sp³-hybridized carbons (Fsp3) is 0.346. The van der Waals surface area contributed by atoms with Crippen molar-refractivity contribution in [1.82, 2.24) is 30.2 Å². The van der Waals surface area contributed by atoms with Crippen molar-refractivity contribution in [2.75, 3.05) is 13.1 Å². The fourth-order valence-electron chi connectivity index (χ4n) is 5.03. The van der Waals surface area contributed by atoms with Gasteiger partial charge in [0, 0.05) is 24.6 Å². The van der Waals surface area contributed by atoms with Gasteiger partial charge in [-0.25, -0.2) is 9.97 Å². The van der Waals surface area contributed by atoms with E-state index in [0.717, 1.165) is 77.2 Å². The summed E-state index contributed by atoms with van der Waals surface area (Å²) in [6.45, 7) is 3.48.